The molecule has 0 bridgehead atoms. The molecule has 8 heteroatoms. The molecule has 0 unspecified atom stereocenters. The van der Waals surface area contributed by atoms with Crippen LogP contribution in [0.15, 0.2) is 36.4 Å². The number of ketones is 1. The summed E-state index contributed by atoms with van der Waals surface area (Å²) in [5, 5.41) is 0.387. The number of fused-ring (bicyclic) bond motifs is 2. The zero-order valence-electron chi connectivity index (χ0n) is 15.3. The van der Waals surface area contributed by atoms with Crippen molar-refractivity contribution in [3.63, 3.8) is 0 Å². The molecule has 2 aromatic carbocycles. The summed E-state index contributed by atoms with van der Waals surface area (Å²) in [7, 11) is 0. The van der Waals surface area contributed by atoms with Crippen molar-refractivity contribution in [2.24, 2.45) is 0 Å². The number of carbonyl (C=O) groups excluding carboxylic acids is 2. The van der Waals surface area contributed by atoms with Crippen molar-refractivity contribution in [1.82, 2.24) is 0 Å². The fraction of sp³-hybridized carbons (Fsp3) is 0.238. The highest BCUT2D eigenvalue weighted by molar-refractivity contribution is 6.32. The predicted molar refractivity (Wildman–Crippen MR) is 104 cm³/mol. The summed E-state index contributed by atoms with van der Waals surface area (Å²) in [6.07, 6.45) is 3.51. The Kier molecular flexibility index (Phi) is 5.57. The smallest absolute Gasteiger partial charge is 0.331 e. The number of hydrogen-bond donors (Lipinski definition) is 0. The highest BCUT2D eigenvalue weighted by atomic mass is 35.5. The first-order valence-corrected chi connectivity index (χ1v) is 9.35. The van der Waals surface area contributed by atoms with Crippen LogP contribution >= 0.6 is 11.6 Å². The maximum Gasteiger partial charge on any atom is 0.331 e. The van der Waals surface area contributed by atoms with Crippen molar-refractivity contribution in [1.29, 1.82) is 0 Å². The minimum atomic E-state index is -0.651. The molecule has 0 radical (unpaired) electrons. The van der Waals surface area contributed by atoms with Crippen molar-refractivity contribution in [3.05, 3.63) is 52.6 Å². The van der Waals surface area contributed by atoms with Gasteiger partial charge in [-0.1, -0.05) is 11.6 Å². The molecule has 150 valence electrons. The Morgan fingerprint density at radius 3 is 2.69 bits per heavy atom. The van der Waals surface area contributed by atoms with Gasteiger partial charge in [-0.15, -0.1) is 0 Å². The number of hydrogen-bond acceptors (Lipinski definition) is 7. The van der Waals surface area contributed by atoms with Gasteiger partial charge in [0.2, 0.25) is 6.79 Å². The molecular weight excluding hydrogens is 400 g/mol. The first-order valence-electron chi connectivity index (χ1n) is 8.97. The average molecular weight is 417 g/mol. The van der Waals surface area contributed by atoms with Crippen LogP contribution < -0.4 is 18.9 Å². The molecule has 7 nitrogen and oxygen atoms in total. The zero-order chi connectivity index (χ0) is 20.2. The number of esters is 1. The van der Waals surface area contributed by atoms with Crippen LogP contribution in [-0.2, 0) is 9.53 Å². The third-order valence-corrected chi connectivity index (χ3v) is 4.56. The summed E-state index contributed by atoms with van der Waals surface area (Å²) >= 11 is 6.10. The van der Waals surface area contributed by atoms with Gasteiger partial charge in [-0.2, -0.15) is 0 Å². The topological polar surface area (TPSA) is 80.3 Å². The summed E-state index contributed by atoms with van der Waals surface area (Å²) in [6.45, 7) is 0.810. The second-order valence-electron chi connectivity index (χ2n) is 6.31. The van der Waals surface area contributed by atoms with Gasteiger partial charge in [0.05, 0.1) is 18.2 Å². The van der Waals surface area contributed by atoms with Gasteiger partial charge < -0.3 is 23.7 Å². The van der Waals surface area contributed by atoms with Crippen molar-refractivity contribution in [2.75, 3.05) is 26.6 Å². The molecular formula is C21H17ClO7. The molecule has 0 amide bonds. The van der Waals surface area contributed by atoms with Gasteiger partial charge in [-0.3, -0.25) is 4.79 Å². The monoisotopic (exact) mass is 416 g/mol. The van der Waals surface area contributed by atoms with Crippen LogP contribution in [0.2, 0.25) is 5.02 Å². The normalized spacial score (nSPS) is 14.5. The summed E-state index contributed by atoms with van der Waals surface area (Å²) in [4.78, 5) is 24.3. The Labute approximate surface area is 171 Å². The Morgan fingerprint density at radius 1 is 1.00 bits per heavy atom. The quantitative estimate of drug-likeness (QED) is 0.418. The van der Waals surface area contributed by atoms with Gasteiger partial charge in [-0.25, -0.2) is 4.79 Å². The van der Waals surface area contributed by atoms with Gasteiger partial charge in [0, 0.05) is 18.1 Å². The van der Waals surface area contributed by atoms with Crippen LogP contribution in [0.5, 0.6) is 23.0 Å². The van der Waals surface area contributed by atoms with Crippen molar-refractivity contribution in [3.8, 4) is 23.0 Å². The maximum absolute atomic E-state index is 12.3. The third-order valence-electron chi connectivity index (χ3n) is 4.28. The van der Waals surface area contributed by atoms with Crippen LogP contribution in [0.3, 0.4) is 0 Å². The van der Waals surface area contributed by atoms with E-state index >= 15 is 0 Å². The minimum Gasteiger partial charge on any atom is -0.490 e. The zero-order valence-corrected chi connectivity index (χ0v) is 16.1. The largest absolute Gasteiger partial charge is 0.490 e. The van der Waals surface area contributed by atoms with Gasteiger partial charge in [-0.05, 0) is 42.0 Å². The molecule has 0 saturated heterocycles. The van der Waals surface area contributed by atoms with E-state index in [4.69, 9.17) is 35.3 Å². The van der Waals surface area contributed by atoms with E-state index in [0.717, 1.165) is 6.42 Å². The highest BCUT2D eigenvalue weighted by Gasteiger charge is 2.18. The van der Waals surface area contributed by atoms with Crippen molar-refractivity contribution < 1.29 is 33.3 Å². The minimum absolute atomic E-state index is 0.103. The maximum atomic E-state index is 12.3. The fourth-order valence-corrected chi connectivity index (χ4v) is 3.13. The lowest BCUT2D eigenvalue weighted by atomic mass is 10.1. The molecule has 0 atom stereocenters. The summed E-state index contributed by atoms with van der Waals surface area (Å²) in [5.74, 6) is 1.11. The number of halogens is 1. The molecule has 0 saturated carbocycles. The SMILES string of the molecule is O=C(/C=C/c1cc(Cl)c2c(c1)OCO2)OCC(=O)c1ccc2c(c1)OCCCO2. The Bertz CT molecular complexity index is 983. The van der Waals surface area contributed by atoms with Gasteiger partial charge >= 0.3 is 5.97 Å². The number of carbonyl (C=O) groups is 2. The number of benzene rings is 2. The number of ether oxygens (including phenoxy) is 5. The molecule has 4 rings (SSSR count). The van der Waals surface area contributed by atoms with E-state index in [1.165, 1.54) is 12.2 Å². The second-order valence-corrected chi connectivity index (χ2v) is 6.72. The van der Waals surface area contributed by atoms with E-state index in [0.29, 0.717) is 52.4 Å². The molecule has 2 aliphatic heterocycles. The molecule has 2 aromatic rings. The van der Waals surface area contributed by atoms with E-state index in [1.807, 2.05) is 0 Å². The van der Waals surface area contributed by atoms with E-state index in [-0.39, 0.29) is 19.2 Å². The lowest BCUT2D eigenvalue weighted by molar-refractivity contribution is -0.136. The fourth-order valence-electron chi connectivity index (χ4n) is 2.85. The summed E-state index contributed by atoms with van der Waals surface area (Å²) in [6, 6.07) is 8.23. The molecule has 0 spiro atoms. The first kappa shape index (κ1) is 19.1. The third kappa shape index (κ3) is 4.46. The molecule has 2 aliphatic rings. The molecule has 0 N–H and O–H groups in total. The summed E-state index contributed by atoms with van der Waals surface area (Å²) in [5.41, 5.74) is 1.03. The van der Waals surface area contributed by atoms with Crippen LogP contribution in [0.1, 0.15) is 22.3 Å². The van der Waals surface area contributed by atoms with E-state index < -0.39 is 5.97 Å². The Balaban J connectivity index is 1.35. The molecule has 2 heterocycles. The standard InChI is InChI=1S/C21H17ClO7/c22-15-8-13(9-19-21(15)29-12-28-19)2-5-20(24)27-11-16(23)14-3-4-17-18(10-14)26-7-1-6-25-17/h2-5,8-10H,1,6-7,11-12H2/b5-2+. The lowest BCUT2D eigenvalue weighted by Gasteiger charge is -2.09. The lowest BCUT2D eigenvalue weighted by Crippen LogP contribution is -2.12. The predicted octanol–water partition coefficient (Wildman–Crippen LogP) is 3.67. The Morgan fingerprint density at radius 2 is 1.83 bits per heavy atom. The first-order chi connectivity index (χ1) is 14.1. The van der Waals surface area contributed by atoms with Gasteiger partial charge in [0.15, 0.2) is 35.4 Å². The van der Waals surface area contributed by atoms with Crippen LogP contribution in [0, 0.1) is 0 Å². The van der Waals surface area contributed by atoms with Crippen LogP contribution in [-0.4, -0.2) is 38.4 Å². The van der Waals surface area contributed by atoms with Crippen LogP contribution in [0.4, 0.5) is 0 Å². The van der Waals surface area contributed by atoms with Crippen LogP contribution in [0.25, 0.3) is 6.08 Å². The van der Waals surface area contributed by atoms with E-state index in [1.54, 1.807) is 30.3 Å². The second kappa shape index (κ2) is 8.45. The molecule has 0 aliphatic carbocycles. The Hall–Kier alpha value is -3.19. The van der Waals surface area contributed by atoms with E-state index in [9.17, 15) is 9.59 Å². The van der Waals surface area contributed by atoms with Crippen molar-refractivity contribution in [2.45, 2.75) is 6.42 Å². The summed E-state index contributed by atoms with van der Waals surface area (Å²) < 4.78 is 26.7. The molecule has 0 fully saturated rings. The van der Waals surface area contributed by atoms with Gasteiger partial charge in [0.1, 0.15) is 0 Å². The number of Topliss-reactive ketones (excluding diaryl/α,β-unsaturated/α-hetero) is 1. The molecule has 0 aromatic heterocycles. The van der Waals surface area contributed by atoms with E-state index in [2.05, 4.69) is 0 Å². The highest BCUT2D eigenvalue weighted by Crippen LogP contribution is 2.40. The van der Waals surface area contributed by atoms with Crippen molar-refractivity contribution >= 4 is 29.4 Å². The molecule has 29 heavy (non-hydrogen) atoms. The number of rotatable bonds is 5. The van der Waals surface area contributed by atoms with Gasteiger partial charge in [0.25, 0.3) is 0 Å². The average Bonchev–Trinajstić information content (AvgIpc) is 3.08.